The van der Waals surface area contributed by atoms with Crippen molar-refractivity contribution in [1.29, 1.82) is 0 Å². The van der Waals surface area contributed by atoms with Gasteiger partial charge in [-0.3, -0.25) is 14.9 Å². The summed E-state index contributed by atoms with van der Waals surface area (Å²) in [7, 11) is 0. The van der Waals surface area contributed by atoms with Crippen LogP contribution < -0.4 is 10.2 Å². The number of non-ortho nitro benzene ring substituents is 1. The van der Waals surface area contributed by atoms with Crippen LogP contribution >= 0.6 is 23.2 Å². The molecule has 2 N–H and O–H groups in total. The molecule has 3 rings (SSSR count). The lowest BCUT2D eigenvalue weighted by atomic mass is 10.1. The van der Waals surface area contributed by atoms with Crippen LogP contribution in [-0.2, 0) is 6.61 Å². The highest BCUT2D eigenvalue weighted by Crippen LogP contribution is 2.24. The molecule has 31 heavy (non-hydrogen) atoms. The van der Waals surface area contributed by atoms with Crippen molar-refractivity contribution in [3.63, 3.8) is 0 Å². The molecule has 0 unspecified atom stereocenters. The zero-order valence-electron chi connectivity index (χ0n) is 15.8. The minimum atomic E-state index is -0.819. The Morgan fingerprint density at radius 1 is 1.13 bits per heavy atom. The van der Waals surface area contributed by atoms with Gasteiger partial charge in [0.2, 0.25) is 0 Å². The largest absolute Gasteiger partial charge is 0.507 e. The minimum Gasteiger partial charge on any atom is -0.507 e. The maximum absolute atomic E-state index is 12.2. The van der Waals surface area contributed by atoms with Crippen molar-refractivity contribution in [2.24, 2.45) is 5.10 Å². The van der Waals surface area contributed by atoms with Crippen molar-refractivity contribution >= 4 is 41.0 Å². The van der Waals surface area contributed by atoms with E-state index in [1.54, 1.807) is 30.3 Å². The van der Waals surface area contributed by atoms with Gasteiger partial charge in [0.15, 0.2) is 0 Å². The predicted molar refractivity (Wildman–Crippen MR) is 117 cm³/mol. The fourth-order valence-electron chi connectivity index (χ4n) is 2.58. The molecule has 0 saturated carbocycles. The molecule has 3 aromatic rings. The third-order valence-corrected chi connectivity index (χ3v) is 4.53. The van der Waals surface area contributed by atoms with Crippen LogP contribution in [-0.4, -0.2) is 22.2 Å². The summed E-state index contributed by atoms with van der Waals surface area (Å²) in [5.74, 6) is -0.770. The number of rotatable bonds is 7. The van der Waals surface area contributed by atoms with Gasteiger partial charge >= 0.3 is 0 Å². The summed E-state index contributed by atoms with van der Waals surface area (Å²) < 4.78 is 5.80. The third kappa shape index (κ3) is 5.94. The molecule has 158 valence electrons. The first-order chi connectivity index (χ1) is 14.8. The van der Waals surface area contributed by atoms with Crippen LogP contribution in [0.2, 0.25) is 10.0 Å². The van der Waals surface area contributed by atoms with Crippen LogP contribution in [0.1, 0.15) is 21.5 Å². The van der Waals surface area contributed by atoms with Gasteiger partial charge in [0.1, 0.15) is 18.1 Å². The van der Waals surface area contributed by atoms with E-state index in [4.69, 9.17) is 27.9 Å². The summed E-state index contributed by atoms with van der Waals surface area (Å²) in [6.07, 6.45) is 1.31. The first kappa shape index (κ1) is 22.1. The number of aromatic hydroxyl groups is 1. The highest BCUT2D eigenvalue weighted by atomic mass is 35.5. The normalized spacial score (nSPS) is 10.8. The number of nitro groups is 1. The highest BCUT2D eigenvalue weighted by Gasteiger charge is 2.16. The van der Waals surface area contributed by atoms with Crippen molar-refractivity contribution in [2.45, 2.75) is 6.61 Å². The topological polar surface area (TPSA) is 114 Å². The number of benzene rings is 3. The standard InChI is InChI=1S/C21H15Cl2N3O5/c22-15-3-1-2-13(8-15)12-31-20-7-4-16(23)9-14(20)11-24-25-21(28)18-10-17(26(29)30)5-6-19(18)27/h1-11,27H,12H2,(H,25,28)/b24-11-. The molecule has 0 saturated heterocycles. The molecule has 0 aliphatic carbocycles. The van der Waals surface area contributed by atoms with E-state index < -0.39 is 16.6 Å². The lowest BCUT2D eigenvalue weighted by molar-refractivity contribution is -0.384. The molecule has 0 spiro atoms. The molecule has 0 radical (unpaired) electrons. The van der Waals surface area contributed by atoms with Gasteiger partial charge in [0.25, 0.3) is 11.6 Å². The number of ether oxygens (including phenoxy) is 1. The number of hydrogen-bond acceptors (Lipinski definition) is 6. The second-order valence-corrected chi connectivity index (χ2v) is 7.13. The van der Waals surface area contributed by atoms with E-state index >= 15 is 0 Å². The Bertz CT molecular complexity index is 1170. The van der Waals surface area contributed by atoms with Crippen LogP contribution in [0.5, 0.6) is 11.5 Å². The Morgan fingerprint density at radius 2 is 1.90 bits per heavy atom. The molecular formula is C21H15Cl2N3O5. The molecule has 0 aliphatic rings. The van der Waals surface area contributed by atoms with Crippen molar-refractivity contribution in [1.82, 2.24) is 5.43 Å². The Hall–Kier alpha value is -3.62. The fraction of sp³-hybridized carbons (Fsp3) is 0.0476. The number of hydrogen-bond donors (Lipinski definition) is 2. The molecule has 3 aromatic carbocycles. The Kier molecular flexibility index (Phi) is 7.07. The Balaban J connectivity index is 1.73. The third-order valence-electron chi connectivity index (χ3n) is 4.06. The first-order valence-electron chi connectivity index (χ1n) is 8.81. The molecule has 0 bridgehead atoms. The number of phenols is 1. The molecule has 0 aromatic heterocycles. The molecule has 8 nitrogen and oxygen atoms in total. The number of carbonyl (C=O) groups is 1. The molecule has 1 amide bonds. The lowest BCUT2D eigenvalue weighted by Crippen LogP contribution is -2.18. The second-order valence-electron chi connectivity index (χ2n) is 6.26. The van der Waals surface area contributed by atoms with E-state index in [2.05, 4.69) is 10.5 Å². The SMILES string of the molecule is O=C(N/N=C\c1cc(Cl)ccc1OCc1cccc(Cl)c1)c1cc([N+](=O)[O-])ccc1O. The number of nitrogens with zero attached hydrogens (tertiary/aromatic N) is 2. The van der Waals surface area contributed by atoms with E-state index in [0.717, 1.165) is 23.8 Å². The number of carbonyl (C=O) groups excluding carboxylic acids is 1. The van der Waals surface area contributed by atoms with Crippen molar-refractivity contribution in [3.05, 3.63) is 97.5 Å². The lowest BCUT2D eigenvalue weighted by Gasteiger charge is -2.10. The number of nitro benzene ring substituents is 1. The first-order valence-corrected chi connectivity index (χ1v) is 9.56. The average Bonchev–Trinajstić information content (AvgIpc) is 2.73. The summed E-state index contributed by atoms with van der Waals surface area (Å²) in [6, 6.07) is 15.2. The molecule has 0 fully saturated rings. The summed E-state index contributed by atoms with van der Waals surface area (Å²) in [6.45, 7) is 0.247. The molecule has 10 heteroatoms. The van der Waals surface area contributed by atoms with Crippen molar-refractivity contribution in [2.75, 3.05) is 0 Å². The smallest absolute Gasteiger partial charge is 0.275 e. The van der Waals surface area contributed by atoms with Gasteiger partial charge in [-0.25, -0.2) is 5.43 Å². The highest BCUT2D eigenvalue weighted by molar-refractivity contribution is 6.31. The van der Waals surface area contributed by atoms with Crippen LogP contribution in [0.3, 0.4) is 0 Å². The summed E-state index contributed by atoms with van der Waals surface area (Å²) in [5, 5.41) is 25.5. The van der Waals surface area contributed by atoms with Gasteiger partial charge in [0.05, 0.1) is 16.7 Å². The Labute approximate surface area is 186 Å². The van der Waals surface area contributed by atoms with Gasteiger partial charge in [0, 0.05) is 27.7 Å². The van der Waals surface area contributed by atoms with E-state index in [-0.39, 0.29) is 17.9 Å². The summed E-state index contributed by atoms with van der Waals surface area (Å²) >= 11 is 12.0. The van der Waals surface area contributed by atoms with E-state index in [1.807, 2.05) is 12.1 Å². The fourth-order valence-corrected chi connectivity index (χ4v) is 2.97. The van der Waals surface area contributed by atoms with Crippen molar-refractivity contribution < 1.29 is 19.6 Å². The predicted octanol–water partition coefficient (Wildman–Crippen LogP) is 4.95. The van der Waals surface area contributed by atoms with Crippen LogP contribution in [0, 0.1) is 10.1 Å². The van der Waals surface area contributed by atoms with Gasteiger partial charge in [-0.1, -0.05) is 35.3 Å². The van der Waals surface area contributed by atoms with Crippen LogP contribution in [0.4, 0.5) is 5.69 Å². The molecular weight excluding hydrogens is 445 g/mol. The van der Waals surface area contributed by atoms with E-state index in [1.165, 1.54) is 6.21 Å². The second kappa shape index (κ2) is 9.92. The minimum absolute atomic E-state index is 0.247. The number of halogens is 2. The maximum atomic E-state index is 12.2. The van der Waals surface area contributed by atoms with Gasteiger partial charge in [-0.05, 0) is 42.0 Å². The van der Waals surface area contributed by atoms with Gasteiger partial charge < -0.3 is 9.84 Å². The summed E-state index contributed by atoms with van der Waals surface area (Å²) in [4.78, 5) is 22.4. The molecule has 0 atom stereocenters. The van der Waals surface area contributed by atoms with E-state index in [0.29, 0.717) is 21.4 Å². The van der Waals surface area contributed by atoms with Crippen molar-refractivity contribution in [3.8, 4) is 11.5 Å². The monoisotopic (exact) mass is 459 g/mol. The number of amides is 1. The number of phenolic OH excluding ortho intramolecular Hbond substituents is 1. The van der Waals surface area contributed by atoms with Crippen LogP contribution in [0.15, 0.2) is 65.8 Å². The zero-order valence-corrected chi connectivity index (χ0v) is 17.3. The zero-order chi connectivity index (χ0) is 22.4. The van der Waals surface area contributed by atoms with Crippen LogP contribution in [0.25, 0.3) is 0 Å². The maximum Gasteiger partial charge on any atom is 0.275 e. The summed E-state index contributed by atoms with van der Waals surface area (Å²) in [5.41, 5.74) is 2.94. The van der Waals surface area contributed by atoms with E-state index in [9.17, 15) is 20.0 Å². The van der Waals surface area contributed by atoms with Gasteiger partial charge in [-0.15, -0.1) is 0 Å². The van der Waals surface area contributed by atoms with Gasteiger partial charge in [-0.2, -0.15) is 5.10 Å². The number of hydrazone groups is 1. The number of nitrogens with one attached hydrogen (secondary N) is 1. The Morgan fingerprint density at radius 3 is 2.65 bits per heavy atom. The quantitative estimate of drug-likeness (QED) is 0.294. The average molecular weight is 460 g/mol. The molecule has 0 aliphatic heterocycles. The molecule has 0 heterocycles.